The lowest BCUT2D eigenvalue weighted by Crippen LogP contribution is -2.57. The first-order valence-electron chi connectivity index (χ1n) is 8.12. The average molecular weight is 360 g/mol. The summed E-state index contributed by atoms with van der Waals surface area (Å²) in [5.41, 5.74) is 1.31. The lowest BCUT2D eigenvalue weighted by Gasteiger charge is -2.33. The van der Waals surface area contributed by atoms with Crippen molar-refractivity contribution in [2.75, 3.05) is 13.2 Å². The Morgan fingerprint density at radius 3 is 2.60 bits per heavy atom. The van der Waals surface area contributed by atoms with E-state index in [1.807, 2.05) is 31.2 Å². The minimum Gasteiger partial charge on any atom is -0.480 e. The molecule has 0 unspecified atom stereocenters. The molecule has 3 rings (SSSR count). The van der Waals surface area contributed by atoms with Crippen LogP contribution in [-0.2, 0) is 16.0 Å². The monoisotopic (exact) mass is 360 g/mol. The van der Waals surface area contributed by atoms with Crippen LogP contribution >= 0.6 is 11.3 Å². The lowest BCUT2D eigenvalue weighted by atomic mass is 9.90. The Bertz CT molecular complexity index is 764. The van der Waals surface area contributed by atoms with Crippen molar-refractivity contribution in [3.05, 3.63) is 51.5 Å². The Balaban J connectivity index is 1.69. The molecule has 0 saturated carbocycles. The molecule has 0 atom stereocenters. The summed E-state index contributed by atoms with van der Waals surface area (Å²) in [6.07, 6.45) is 1.17. The van der Waals surface area contributed by atoms with Crippen LogP contribution in [0.4, 0.5) is 0 Å². The molecule has 132 valence electrons. The Morgan fingerprint density at radius 2 is 1.96 bits per heavy atom. The first kappa shape index (κ1) is 17.6. The van der Waals surface area contributed by atoms with E-state index in [2.05, 4.69) is 10.3 Å². The van der Waals surface area contributed by atoms with Crippen LogP contribution in [0.3, 0.4) is 0 Å². The fourth-order valence-corrected chi connectivity index (χ4v) is 3.58. The highest BCUT2D eigenvalue weighted by Crippen LogP contribution is 2.22. The van der Waals surface area contributed by atoms with E-state index in [4.69, 9.17) is 4.74 Å². The number of aromatic nitrogens is 1. The minimum atomic E-state index is -1.27. The molecule has 1 saturated heterocycles. The zero-order chi connectivity index (χ0) is 17.9. The number of carboxylic acid groups (broad SMARTS) is 1. The number of carbonyl (C=O) groups excluding carboxylic acids is 1. The number of nitrogens with one attached hydrogen (secondary N) is 1. The highest BCUT2D eigenvalue weighted by Gasteiger charge is 2.42. The van der Waals surface area contributed by atoms with E-state index in [1.54, 1.807) is 5.38 Å². The quantitative estimate of drug-likeness (QED) is 0.855. The van der Waals surface area contributed by atoms with Gasteiger partial charge in [-0.3, -0.25) is 4.79 Å². The van der Waals surface area contributed by atoms with Crippen LogP contribution in [0.2, 0.25) is 0 Å². The van der Waals surface area contributed by atoms with Crippen LogP contribution in [0, 0.1) is 6.92 Å². The van der Waals surface area contributed by atoms with Gasteiger partial charge in [0.05, 0.1) is 5.01 Å². The second kappa shape index (κ2) is 7.33. The second-order valence-corrected chi connectivity index (χ2v) is 7.19. The number of carbonyl (C=O) groups is 2. The molecule has 2 N–H and O–H groups in total. The van der Waals surface area contributed by atoms with Gasteiger partial charge in [0, 0.05) is 37.9 Å². The summed E-state index contributed by atoms with van der Waals surface area (Å²) in [4.78, 5) is 28.5. The molecule has 6 nitrogen and oxygen atoms in total. The molecule has 25 heavy (non-hydrogen) atoms. The van der Waals surface area contributed by atoms with E-state index in [0.29, 0.717) is 19.6 Å². The number of carboxylic acids is 1. The zero-order valence-electron chi connectivity index (χ0n) is 13.9. The van der Waals surface area contributed by atoms with Gasteiger partial charge in [0.15, 0.2) is 0 Å². The van der Waals surface area contributed by atoms with Gasteiger partial charge < -0.3 is 15.2 Å². The Morgan fingerprint density at radius 1 is 1.28 bits per heavy atom. The SMILES string of the molecule is Cc1ccc(Cc2nc(C(=O)NC3(C(=O)O)CCOCC3)cs2)cc1. The van der Waals surface area contributed by atoms with E-state index in [9.17, 15) is 14.7 Å². The zero-order valence-corrected chi connectivity index (χ0v) is 14.8. The fourth-order valence-electron chi connectivity index (χ4n) is 2.77. The normalized spacial score (nSPS) is 16.4. The standard InChI is InChI=1S/C18H20N2O4S/c1-12-2-4-13(5-3-12)10-15-19-14(11-25-15)16(21)20-18(17(22)23)6-8-24-9-7-18/h2-5,11H,6-10H2,1H3,(H,20,21)(H,22,23). The largest absolute Gasteiger partial charge is 0.480 e. The molecule has 0 radical (unpaired) electrons. The summed E-state index contributed by atoms with van der Waals surface area (Å²) < 4.78 is 5.21. The number of hydrogen-bond donors (Lipinski definition) is 2. The predicted octanol–water partition coefficient (Wildman–Crippen LogP) is 2.41. The smallest absolute Gasteiger partial charge is 0.329 e. The minimum absolute atomic E-state index is 0.258. The molecular weight excluding hydrogens is 340 g/mol. The van der Waals surface area contributed by atoms with Gasteiger partial charge in [-0.15, -0.1) is 11.3 Å². The van der Waals surface area contributed by atoms with Crippen LogP contribution in [0.15, 0.2) is 29.6 Å². The number of nitrogens with zero attached hydrogens (tertiary/aromatic N) is 1. The van der Waals surface area contributed by atoms with Gasteiger partial charge in [-0.2, -0.15) is 0 Å². The molecule has 0 bridgehead atoms. The van der Waals surface area contributed by atoms with Crippen LogP contribution in [0.5, 0.6) is 0 Å². The number of amides is 1. The molecule has 0 spiro atoms. The van der Waals surface area contributed by atoms with Crippen molar-refractivity contribution < 1.29 is 19.4 Å². The van der Waals surface area contributed by atoms with E-state index in [0.717, 1.165) is 10.6 Å². The third kappa shape index (κ3) is 4.05. The van der Waals surface area contributed by atoms with Crippen LogP contribution in [0.25, 0.3) is 0 Å². The maximum absolute atomic E-state index is 12.5. The summed E-state index contributed by atoms with van der Waals surface area (Å²) in [6, 6.07) is 8.16. The molecule has 0 aliphatic carbocycles. The predicted molar refractivity (Wildman–Crippen MR) is 94.0 cm³/mol. The maximum atomic E-state index is 12.5. The van der Waals surface area contributed by atoms with Gasteiger partial charge in [-0.05, 0) is 12.5 Å². The summed E-state index contributed by atoms with van der Waals surface area (Å²) in [5, 5.41) is 14.7. The summed E-state index contributed by atoms with van der Waals surface area (Å²) in [7, 11) is 0. The Labute approximate surface area is 149 Å². The molecule has 1 aromatic carbocycles. The molecule has 1 aliphatic heterocycles. The van der Waals surface area contributed by atoms with Gasteiger partial charge in [-0.1, -0.05) is 29.8 Å². The van der Waals surface area contributed by atoms with E-state index in [1.165, 1.54) is 16.9 Å². The van der Waals surface area contributed by atoms with E-state index >= 15 is 0 Å². The maximum Gasteiger partial charge on any atom is 0.329 e. The fraction of sp³-hybridized carbons (Fsp3) is 0.389. The van der Waals surface area contributed by atoms with Crippen molar-refractivity contribution >= 4 is 23.2 Å². The second-order valence-electron chi connectivity index (χ2n) is 6.24. The number of rotatable bonds is 5. The molecule has 1 aliphatic rings. The number of aryl methyl sites for hydroxylation is 1. The summed E-state index contributed by atoms with van der Waals surface area (Å²) >= 11 is 1.40. The van der Waals surface area contributed by atoms with Crippen LogP contribution in [0.1, 0.15) is 39.5 Å². The highest BCUT2D eigenvalue weighted by atomic mass is 32.1. The van der Waals surface area contributed by atoms with Crippen molar-refractivity contribution in [3.63, 3.8) is 0 Å². The molecule has 2 heterocycles. The van der Waals surface area contributed by atoms with Gasteiger partial charge in [0.25, 0.3) is 5.91 Å². The van der Waals surface area contributed by atoms with Crippen molar-refractivity contribution in [2.45, 2.75) is 31.7 Å². The Hall–Kier alpha value is -2.25. The van der Waals surface area contributed by atoms with E-state index < -0.39 is 17.4 Å². The molecule has 1 aromatic heterocycles. The van der Waals surface area contributed by atoms with Gasteiger partial charge >= 0.3 is 5.97 Å². The third-order valence-electron chi connectivity index (χ3n) is 4.37. The van der Waals surface area contributed by atoms with Gasteiger partial charge in [-0.25, -0.2) is 9.78 Å². The third-order valence-corrected chi connectivity index (χ3v) is 5.22. The number of thiazole rings is 1. The van der Waals surface area contributed by atoms with Crippen LogP contribution in [-0.4, -0.2) is 40.7 Å². The molecule has 2 aromatic rings. The lowest BCUT2D eigenvalue weighted by molar-refractivity contribution is -0.148. The number of aliphatic carboxylic acids is 1. The van der Waals surface area contributed by atoms with Crippen LogP contribution < -0.4 is 5.32 Å². The molecule has 1 amide bonds. The number of benzene rings is 1. The first-order valence-corrected chi connectivity index (χ1v) is 9.00. The van der Waals surface area contributed by atoms with Gasteiger partial charge in [0.2, 0.25) is 0 Å². The van der Waals surface area contributed by atoms with Crippen molar-refractivity contribution in [3.8, 4) is 0 Å². The summed E-state index contributed by atoms with van der Waals surface area (Å²) in [5.74, 6) is -1.48. The van der Waals surface area contributed by atoms with Crippen molar-refractivity contribution in [1.82, 2.24) is 10.3 Å². The number of ether oxygens (including phenoxy) is 1. The molecule has 1 fully saturated rings. The topological polar surface area (TPSA) is 88.5 Å². The van der Waals surface area contributed by atoms with Gasteiger partial charge in [0.1, 0.15) is 11.2 Å². The number of hydrogen-bond acceptors (Lipinski definition) is 5. The Kier molecular flexibility index (Phi) is 5.15. The highest BCUT2D eigenvalue weighted by molar-refractivity contribution is 7.09. The molecular formula is C18H20N2O4S. The first-order chi connectivity index (χ1) is 12.0. The summed E-state index contributed by atoms with van der Waals surface area (Å²) in [6.45, 7) is 2.68. The van der Waals surface area contributed by atoms with Crippen molar-refractivity contribution in [2.24, 2.45) is 0 Å². The molecule has 7 heteroatoms. The van der Waals surface area contributed by atoms with Crippen molar-refractivity contribution in [1.29, 1.82) is 0 Å². The average Bonchev–Trinajstić information content (AvgIpc) is 3.06. The van der Waals surface area contributed by atoms with E-state index in [-0.39, 0.29) is 18.5 Å².